The third kappa shape index (κ3) is 3.28. The molecule has 0 radical (unpaired) electrons. The van der Waals surface area contributed by atoms with E-state index in [2.05, 4.69) is 37.5 Å². The van der Waals surface area contributed by atoms with Crippen LogP contribution in [0.4, 0.5) is 21.8 Å². The van der Waals surface area contributed by atoms with E-state index in [1.165, 1.54) is 11.6 Å². The molecule has 5 nitrogen and oxygen atoms in total. The molecule has 0 atom stereocenters. The maximum absolute atomic E-state index is 13.7. The Kier molecular flexibility index (Phi) is 4.24. The highest BCUT2D eigenvalue weighted by molar-refractivity contribution is 5.63. The highest BCUT2D eigenvalue weighted by atomic mass is 19.1. The van der Waals surface area contributed by atoms with Crippen molar-refractivity contribution in [3.63, 3.8) is 0 Å². The molecule has 0 saturated heterocycles. The van der Waals surface area contributed by atoms with Crippen LogP contribution in [0.1, 0.15) is 17.5 Å². The SMILES string of the molecule is Fc1ccccc1CNc1cnnc(N2CCCc3ccccc32)n1. The maximum atomic E-state index is 13.7. The zero-order chi connectivity index (χ0) is 17.1. The van der Waals surface area contributed by atoms with Gasteiger partial charge in [0.15, 0.2) is 5.82 Å². The van der Waals surface area contributed by atoms with Gasteiger partial charge in [-0.25, -0.2) is 4.39 Å². The summed E-state index contributed by atoms with van der Waals surface area (Å²) in [6.45, 7) is 1.21. The van der Waals surface area contributed by atoms with Crippen molar-refractivity contribution in [2.45, 2.75) is 19.4 Å². The molecular formula is C19H18FN5. The highest BCUT2D eigenvalue weighted by Gasteiger charge is 2.20. The molecule has 2 aromatic carbocycles. The number of fused-ring (bicyclic) bond motifs is 1. The molecule has 1 aromatic heterocycles. The molecule has 1 aliphatic rings. The first kappa shape index (κ1) is 15.5. The molecule has 1 N–H and O–H groups in total. The van der Waals surface area contributed by atoms with Gasteiger partial charge < -0.3 is 10.2 Å². The number of nitrogens with one attached hydrogen (secondary N) is 1. The van der Waals surface area contributed by atoms with Crippen molar-refractivity contribution in [3.8, 4) is 0 Å². The number of halogens is 1. The average Bonchev–Trinajstić information content (AvgIpc) is 2.67. The van der Waals surface area contributed by atoms with Crippen molar-refractivity contribution in [3.05, 3.63) is 71.7 Å². The number of aryl methyl sites for hydroxylation is 1. The molecule has 25 heavy (non-hydrogen) atoms. The van der Waals surface area contributed by atoms with Crippen LogP contribution in [0.25, 0.3) is 0 Å². The number of para-hydroxylation sites is 1. The zero-order valence-electron chi connectivity index (χ0n) is 13.7. The zero-order valence-corrected chi connectivity index (χ0v) is 13.7. The first-order valence-electron chi connectivity index (χ1n) is 8.34. The Labute approximate surface area is 145 Å². The summed E-state index contributed by atoms with van der Waals surface area (Å²) in [4.78, 5) is 6.64. The summed E-state index contributed by atoms with van der Waals surface area (Å²) in [5.74, 6) is 0.907. The summed E-state index contributed by atoms with van der Waals surface area (Å²) >= 11 is 0. The number of anilines is 3. The molecule has 4 rings (SSSR count). The van der Waals surface area contributed by atoms with Crippen LogP contribution in [-0.4, -0.2) is 21.7 Å². The average molecular weight is 335 g/mol. The maximum Gasteiger partial charge on any atom is 0.251 e. The van der Waals surface area contributed by atoms with Crippen LogP contribution in [0, 0.1) is 5.82 Å². The summed E-state index contributed by atoms with van der Waals surface area (Å²) in [7, 11) is 0. The Morgan fingerprint density at radius 2 is 1.92 bits per heavy atom. The van der Waals surface area contributed by atoms with Crippen LogP contribution >= 0.6 is 0 Å². The lowest BCUT2D eigenvalue weighted by atomic mass is 10.0. The van der Waals surface area contributed by atoms with Gasteiger partial charge in [-0.2, -0.15) is 10.1 Å². The third-order valence-corrected chi connectivity index (χ3v) is 4.32. The van der Waals surface area contributed by atoms with Crippen LogP contribution in [0.5, 0.6) is 0 Å². The van der Waals surface area contributed by atoms with Gasteiger partial charge in [0.25, 0.3) is 5.95 Å². The number of hydrogen-bond donors (Lipinski definition) is 1. The molecular weight excluding hydrogens is 317 g/mol. The molecule has 0 bridgehead atoms. The van der Waals surface area contributed by atoms with E-state index in [1.54, 1.807) is 18.3 Å². The van der Waals surface area contributed by atoms with E-state index in [0.29, 0.717) is 23.9 Å². The quantitative estimate of drug-likeness (QED) is 0.788. The van der Waals surface area contributed by atoms with E-state index in [9.17, 15) is 4.39 Å². The second-order valence-corrected chi connectivity index (χ2v) is 5.97. The standard InChI is InChI=1S/C19H18FN5/c20-16-9-3-1-7-15(16)12-21-18-13-22-24-19(23-18)25-11-5-8-14-6-2-4-10-17(14)25/h1-4,6-7,9-10,13H,5,8,11-12H2,(H,21,23,24). The van der Waals surface area contributed by atoms with Gasteiger partial charge in [0, 0.05) is 24.3 Å². The molecule has 0 aliphatic carbocycles. The van der Waals surface area contributed by atoms with Crippen molar-refractivity contribution in [1.29, 1.82) is 0 Å². The minimum Gasteiger partial charge on any atom is -0.364 e. The minimum atomic E-state index is -0.234. The molecule has 3 aromatic rings. The molecule has 2 heterocycles. The lowest BCUT2D eigenvalue weighted by molar-refractivity contribution is 0.613. The van der Waals surface area contributed by atoms with Gasteiger partial charge in [-0.15, -0.1) is 5.10 Å². The van der Waals surface area contributed by atoms with Crippen LogP contribution in [-0.2, 0) is 13.0 Å². The Morgan fingerprint density at radius 3 is 2.84 bits per heavy atom. The molecule has 6 heteroatoms. The first-order valence-corrected chi connectivity index (χ1v) is 8.34. The largest absolute Gasteiger partial charge is 0.364 e. The number of rotatable bonds is 4. The smallest absolute Gasteiger partial charge is 0.251 e. The van der Waals surface area contributed by atoms with E-state index in [-0.39, 0.29) is 5.82 Å². The normalized spacial score (nSPS) is 13.4. The number of nitrogens with zero attached hydrogens (tertiary/aromatic N) is 4. The van der Waals surface area contributed by atoms with Crippen molar-refractivity contribution in [2.24, 2.45) is 0 Å². The Morgan fingerprint density at radius 1 is 1.08 bits per heavy atom. The minimum absolute atomic E-state index is 0.234. The van der Waals surface area contributed by atoms with Crippen molar-refractivity contribution in [2.75, 3.05) is 16.8 Å². The monoisotopic (exact) mass is 335 g/mol. The van der Waals surface area contributed by atoms with Crippen LogP contribution in [0.2, 0.25) is 0 Å². The van der Waals surface area contributed by atoms with E-state index in [4.69, 9.17) is 0 Å². The molecule has 126 valence electrons. The summed E-state index contributed by atoms with van der Waals surface area (Å²) in [5, 5.41) is 11.4. The number of aromatic nitrogens is 3. The van der Waals surface area contributed by atoms with Crippen LogP contribution in [0.3, 0.4) is 0 Å². The van der Waals surface area contributed by atoms with Gasteiger partial charge in [0.1, 0.15) is 5.82 Å². The van der Waals surface area contributed by atoms with Gasteiger partial charge in [0.2, 0.25) is 0 Å². The highest BCUT2D eigenvalue weighted by Crippen LogP contribution is 2.31. The number of hydrogen-bond acceptors (Lipinski definition) is 5. The third-order valence-electron chi connectivity index (χ3n) is 4.32. The Bertz CT molecular complexity index is 883. The van der Waals surface area contributed by atoms with Crippen molar-refractivity contribution < 1.29 is 4.39 Å². The second kappa shape index (κ2) is 6.84. The van der Waals surface area contributed by atoms with E-state index in [0.717, 1.165) is 25.1 Å². The molecule has 0 fully saturated rings. The second-order valence-electron chi connectivity index (χ2n) is 5.97. The molecule has 0 saturated carbocycles. The van der Waals surface area contributed by atoms with Gasteiger partial charge >= 0.3 is 0 Å². The molecule has 0 amide bonds. The molecule has 0 spiro atoms. The lowest BCUT2D eigenvalue weighted by Gasteiger charge is -2.29. The van der Waals surface area contributed by atoms with Crippen LogP contribution in [0.15, 0.2) is 54.7 Å². The lowest BCUT2D eigenvalue weighted by Crippen LogP contribution is -2.26. The predicted molar refractivity (Wildman–Crippen MR) is 95.3 cm³/mol. The summed E-state index contributed by atoms with van der Waals surface area (Å²) in [6.07, 6.45) is 3.67. The first-order chi connectivity index (χ1) is 12.3. The van der Waals surface area contributed by atoms with Gasteiger partial charge in [-0.05, 0) is 30.5 Å². The summed E-state index contributed by atoms with van der Waals surface area (Å²) < 4.78 is 13.7. The fourth-order valence-corrected chi connectivity index (χ4v) is 3.06. The van der Waals surface area contributed by atoms with Crippen molar-refractivity contribution >= 4 is 17.5 Å². The van der Waals surface area contributed by atoms with E-state index in [1.807, 2.05) is 18.2 Å². The van der Waals surface area contributed by atoms with Gasteiger partial charge in [-0.1, -0.05) is 36.4 Å². The van der Waals surface area contributed by atoms with E-state index >= 15 is 0 Å². The van der Waals surface area contributed by atoms with Gasteiger partial charge in [0.05, 0.1) is 6.20 Å². The Balaban J connectivity index is 1.55. The number of benzene rings is 2. The predicted octanol–water partition coefficient (Wildman–Crippen LogP) is 3.71. The van der Waals surface area contributed by atoms with Crippen LogP contribution < -0.4 is 10.2 Å². The summed E-state index contributed by atoms with van der Waals surface area (Å²) in [5.41, 5.74) is 3.01. The Hall–Kier alpha value is -3.02. The fourth-order valence-electron chi connectivity index (χ4n) is 3.06. The molecule has 1 aliphatic heterocycles. The van der Waals surface area contributed by atoms with Gasteiger partial charge in [-0.3, -0.25) is 0 Å². The molecule has 0 unspecified atom stereocenters. The topological polar surface area (TPSA) is 53.9 Å². The fraction of sp³-hybridized carbons (Fsp3) is 0.211. The van der Waals surface area contributed by atoms with E-state index < -0.39 is 0 Å². The summed E-state index contributed by atoms with van der Waals surface area (Å²) in [6, 6.07) is 15.0. The van der Waals surface area contributed by atoms with Crippen molar-refractivity contribution in [1.82, 2.24) is 15.2 Å².